The van der Waals surface area contributed by atoms with E-state index in [2.05, 4.69) is 31.0 Å². The molecule has 1 N–H and O–H groups in total. The highest BCUT2D eigenvalue weighted by atomic mass is 16.5. The van der Waals surface area contributed by atoms with Crippen LogP contribution in [0.25, 0.3) is 0 Å². The summed E-state index contributed by atoms with van der Waals surface area (Å²) in [5.74, 6) is 1.85. The van der Waals surface area contributed by atoms with Crippen LogP contribution in [0.2, 0.25) is 0 Å². The van der Waals surface area contributed by atoms with Gasteiger partial charge in [0.1, 0.15) is 12.4 Å². The van der Waals surface area contributed by atoms with Gasteiger partial charge in [0.15, 0.2) is 0 Å². The fourth-order valence-corrected chi connectivity index (χ4v) is 2.26. The van der Waals surface area contributed by atoms with E-state index < -0.39 is 0 Å². The zero-order valence-electron chi connectivity index (χ0n) is 10.5. The summed E-state index contributed by atoms with van der Waals surface area (Å²) in [5.41, 5.74) is 1.23. The van der Waals surface area contributed by atoms with Gasteiger partial charge in [0.05, 0.1) is 0 Å². The quantitative estimate of drug-likeness (QED) is 0.759. The number of nitrogens with one attached hydrogen (secondary N) is 1. The number of hydrogen-bond acceptors (Lipinski definition) is 2. The Balaban J connectivity index is 1.87. The first-order valence-corrected chi connectivity index (χ1v) is 6.34. The first-order valence-electron chi connectivity index (χ1n) is 6.34. The summed E-state index contributed by atoms with van der Waals surface area (Å²) in [6, 6.07) is 8.89. The van der Waals surface area contributed by atoms with Crippen molar-refractivity contribution < 1.29 is 4.74 Å². The SMILES string of the molecule is C=CCOc1ccccc1CNC1CC(C)C1. The van der Waals surface area contributed by atoms with Gasteiger partial charge < -0.3 is 10.1 Å². The van der Waals surface area contributed by atoms with Gasteiger partial charge in [-0.25, -0.2) is 0 Å². The van der Waals surface area contributed by atoms with Crippen LogP contribution in [0.3, 0.4) is 0 Å². The van der Waals surface area contributed by atoms with E-state index in [1.807, 2.05) is 12.1 Å². The van der Waals surface area contributed by atoms with Gasteiger partial charge in [-0.15, -0.1) is 0 Å². The van der Waals surface area contributed by atoms with Gasteiger partial charge in [-0.05, 0) is 24.8 Å². The molecule has 17 heavy (non-hydrogen) atoms. The van der Waals surface area contributed by atoms with Crippen molar-refractivity contribution in [2.75, 3.05) is 6.61 Å². The molecule has 0 bridgehead atoms. The molecule has 92 valence electrons. The molecule has 0 saturated heterocycles. The zero-order chi connectivity index (χ0) is 12.1. The molecule has 0 atom stereocenters. The lowest BCUT2D eigenvalue weighted by molar-refractivity contribution is 0.239. The molecule has 0 radical (unpaired) electrons. The molecule has 0 aromatic heterocycles. The van der Waals surface area contributed by atoms with E-state index in [0.717, 1.165) is 18.2 Å². The highest BCUT2D eigenvalue weighted by molar-refractivity contribution is 5.33. The molecule has 1 aromatic rings. The third-order valence-electron chi connectivity index (χ3n) is 3.28. The average Bonchev–Trinajstić information content (AvgIpc) is 2.31. The molecule has 2 nitrogen and oxygen atoms in total. The third-order valence-corrected chi connectivity index (χ3v) is 3.28. The molecule has 0 aliphatic heterocycles. The molecule has 1 aromatic carbocycles. The molecule has 0 spiro atoms. The minimum atomic E-state index is 0.567. The summed E-state index contributed by atoms with van der Waals surface area (Å²) in [6.45, 7) is 7.44. The van der Waals surface area contributed by atoms with Crippen LogP contribution >= 0.6 is 0 Å². The number of para-hydroxylation sites is 1. The Kier molecular flexibility index (Phi) is 4.21. The van der Waals surface area contributed by atoms with Crippen LogP contribution in [0.1, 0.15) is 25.3 Å². The number of rotatable bonds is 6. The van der Waals surface area contributed by atoms with E-state index in [9.17, 15) is 0 Å². The first kappa shape index (κ1) is 12.2. The Morgan fingerprint density at radius 1 is 1.41 bits per heavy atom. The number of ether oxygens (including phenoxy) is 1. The van der Waals surface area contributed by atoms with E-state index >= 15 is 0 Å². The summed E-state index contributed by atoms with van der Waals surface area (Å²) in [5, 5.41) is 3.58. The second kappa shape index (κ2) is 5.87. The zero-order valence-corrected chi connectivity index (χ0v) is 10.5. The average molecular weight is 231 g/mol. The summed E-state index contributed by atoms with van der Waals surface area (Å²) >= 11 is 0. The van der Waals surface area contributed by atoms with Gasteiger partial charge >= 0.3 is 0 Å². The first-order chi connectivity index (χ1) is 8.29. The van der Waals surface area contributed by atoms with E-state index in [1.54, 1.807) is 6.08 Å². The fourth-order valence-electron chi connectivity index (χ4n) is 2.26. The molecule has 1 saturated carbocycles. The maximum absolute atomic E-state index is 5.63. The molecule has 2 heteroatoms. The molecule has 1 fully saturated rings. The van der Waals surface area contributed by atoms with Crippen molar-refractivity contribution in [3.05, 3.63) is 42.5 Å². The van der Waals surface area contributed by atoms with E-state index in [4.69, 9.17) is 4.74 Å². The summed E-state index contributed by atoms with van der Waals surface area (Å²) in [6.07, 6.45) is 4.38. The van der Waals surface area contributed by atoms with Gasteiger partial charge in [-0.2, -0.15) is 0 Å². The smallest absolute Gasteiger partial charge is 0.124 e. The third kappa shape index (κ3) is 3.34. The lowest BCUT2D eigenvalue weighted by Gasteiger charge is -2.33. The summed E-state index contributed by atoms with van der Waals surface area (Å²) < 4.78 is 5.63. The Labute approximate surface area is 104 Å². The van der Waals surface area contributed by atoms with Crippen molar-refractivity contribution in [3.8, 4) is 5.75 Å². The summed E-state index contributed by atoms with van der Waals surface area (Å²) in [4.78, 5) is 0. The normalized spacial score (nSPS) is 22.9. The molecule has 0 unspecified atom stereocenters. The standard InChI is InChI=1S/C15H21NO/c1-3-8-17-15-7-5-4-6-13(15)11-16-14-9-12(2)10-14/h3-7,12,14,16H,1,8-11H2,2H3. The van der Waals surface area contributed by atoms with Crippen molar-refractivity contribution in [2.45, 2.75) is 32.4 Å². The largest absolute Gasteiger partial charge is 0.489 e. The van der Waals surface area contributed by atoms with Crippen LogP contribution in [0.5, 0.6) is 5.75 Å². The highest BCUT2D eigenvalue weighted by Crippen LogP contribution is 2.27. The van der Waals surface area contributed by atoms with Gasteiger partial charge in [0, 0.05) is 18.2 Å². The van der Waals surface area contributed by atoms with Crippen LogP contribution in [0.15, 0.2) is 36.9 Å². The van der Waals surface area contributed by atoms with Crippen LogP contribution in [-0.2, 0) is 6.54 Å². The van der Waals surface area contributed by atoms with Crippen molar-refractivity contribution >= 4 is 0 Å². The van der Waals surface area contributed by atoms with Crippen LogP contribution in [-0.4, -0.2) is 12.6 Å². The molecular weight excluding hydrogens is 210 g/mol. The Bertz CT molecular complexity index is 369. The van der Waals surface area contributed by atoms with Gasteiger partial charge in [-0.3, -0.25) is 0 Å². The Morgan fingerprint density at radius 3 is 2.88 bits per heavy atom. The lowest BCUT2D eigenvalue weighted by atomic mass is 9.82. The monoisotopic (exact) mass is 231 g/mol. The highest BCUT2D eigenvalue weighted by Gasteiger charge is 2.24. The summed E-state index contributed by atoms with van der Waals surface area (Å²) in [7, 11) is 0. The van der Waals surface area contributed by atoms with Crippen LogP contribution in [0.4, 0.5) is 0 Å². The predicted octanol–water partition coefficient (Wildman–Crippen LogP) is 3.14. The van der Waals surface area contributed by atoms with Gasteiger partial charge in [0.25, 0.3) is 0 Å². The second-order valence-electron chi connectivity index (χ2n) is 4.86. The molecule has 2 rings (SSSR count). The molecule has 0 amide bonds. The fraction of sp³-hybridized carbons (Fsp3) is 0.467. The van der Waals surface area contributed by atoms with Crippen LogP contribution < -0.4 is 10.1 Å². The minimum absolute atomic E-state index is 0.567. The molecule has 0 heterocycles. The van der Waals surface area contributed by atoms with Crippen molar-refractivity contribution in [3.63, 3.8) is 0 Å². The Morgan fingerprint density at radius 2 is 2.18 bits per heavy atom. The molecule has 1 aliphatic rings. The predicted molar refractivity (Wildman–Crippen MR) is 71.2 cm³/mol. The maximum atomic E-state index is 5.63. The topological polar surface area (TPSA) is 21.3 Å². The van der Waals surface area contributed by atoms with Crippen molar-refractivity contribution in [1.82, 2.24) is 5.32 Å². The van der Waals surface area contributed by atoms with E-state index in [1.165, 1.54) is 18.4 Å². The van der Waals surface area contributed by atoms with Crippen LogP contribution in [0, 0.1) is 5.92 Å². The molecule has 1 aliphatic carbocycles. The van der Waals surface area contributed by atoms with Crippen molar-refractivity contribution in [2.24, 2.45) is 5.92 Å². The number of benzene rings is 1. The number of hydrogen-bond donors (Lipinski definition) is 1. The molecular formula is C15H21NO. The van der Waals surface area contributed by atoms with Gasteiger partial charge in [0.2, 0.25) is 0 Å². The van der Waals surface area contributed by atoms with Crippen molar-refractivity contribution in [1.29, 1.82) is 0 Å². The second-order valence-corrected chi connectivity index (χ2v) is 4.86. The van der Waals surface area contributed by atoms with Gasteiger partial charge in [-0.1, -0.05) is 37.8 Å². The Hall–Kier alpha value is -1.28. The van der Waals surface area contributed by atoms with E-state index in [-0.39, 0.29) is 0 Å². The van der Waals surface area contributed by atoms with E-state index in [0.29, 0.717) is 12.6 Å². The minimum Gasteiger partial charge on any atom is -0.489 e. The lowest BCUT2D eigenvalue weighted by Crippen LogP contribution is -2.39. The maximum Gasteiger partial charge on any atom is 0.124 e.